The average molecular weight is 374 g/mol. The van der Waals surface area contributed by atoms with Gasteiger partial charge in [-0.3, -0.25) is 9.59 Å². The molecule has 2 N–H and O–H groups in total. The third kappa shape index (κ3) is 13.2. The number of carboxylic acid groups (broad SMARTS) is 2. The fourth-order valence-corrected chi connectivity index (χ4v) is 4.05. The second kappa shape index (κ2) is 15.2. The molecule has 0 heterocycles. The predicted octanol–water partition coefficient (Wildman–Crippen LogP) is 2.60. The van der Waals surface area contributed by atoms with Crippen LogP contribution >= 0.6 is 0 Å². The standard InChI is InChI=1S/C16H30O6S.Na.H/c1-2-3-4-5-6-7-8-9-10-11-12-23(21,22)14(16(19)20)13-15(17)18;;/h14H,2-13H2,1H3,(H,17,18)(H,19,20);;. The molecule has 0 radical (unpaired) electrons. The summed E-state index contributed by atoms with van der Waals surface area (Å²) in [5, 5.41) is 15.7. The number of unbranched alkanes of at least 4 members (excludes halogenated alkanes) is 9. The number of sulfone groups is 1. The molecular weight excluding hydrogens is 343 g/mol. The third-order valence-corrected chi connectivity index (χ3v) is 5.94. The van der Waals surface area contributed by atoms with E-state index in [4.69, 9.17) is 10.2 Å². The first kappa shape index (κ1) is 26.1. The van der Waals surface area contributed by atoms with Crippen LogP contribution in [-0.4, -0.2) is 71.1 Å². The molecule has 0 fully saturated rings. The van der Waals surface area contributed by atoms with Gasteiger partial charge in [0, 0.05) is 0 Å². The van der Waals surface area contributed by atoms with Crippen molar-refractivity contribution in [1.29, 1.82) is 0 Å². The van der Waals surface area contributed by atoms with Crippen molar-refractivity contribution >= 4 is 51.3 Å². The maximum absolute atomic E-state index is 11.9. The summed E-state index contributed by atoms with van der Waals surface area (Å²) in [6, 6.07) is 0. The van der Waals surface area contributed by atoms with E-state index in [1.807, 2.05) is 0 Å². The van der Waals surface area contributed by atoms with Crippen molar-refractivity contribution in [2.24, 2.45) is 0 Å². The molecule has 138 valence electrons. The van der Waals surface area contributed by atoms with Crippen molar-refractivity contribution in [2.45, 2.75) is 82.8 Å². The Kier molecular flexibility index (Phi) is 16.5. The molecule has 0 saturated heterocycles. The molecule has 0 amide bonds. The van der Waals surface area contributed by atoms with Crippen molar-refractivity contribution in [3.63, 3.8) is 0 Å². The van der Waals surface area contributed by atoms with Gasteiger partial charge in [-0.2, -0.15) is 0 Å². The first-order chi connectivity index (χ1) is 10.8. The summed E-state index contributed by atoms with van der Waals surface area (Å²) < 4.78 is 23.8. The Morgan fingerprint density at radius 1 is 0.833 bits per heavy atom. The van der Waals surface area contributed by atoms with Crippen LogP contribution in [0.3, 0.4) is 0 Å². The van der Waals surface area contributed by atoms with E-state index in [1.165, 1.54) is 32.1 Å². The molecule has 24 heavy (non-hydrogen) atoms. The van der Waals surface area contributed by atoms with Gasteiger partial charge in [-0.15, -0.1) is 0 Å². The van der Waals surface area contributed by atoms with E-state index in [9.17, 15) is 18.0 Å². The summed E-state index contributed by atoms with van der Waals surface area (Å²) >= 11 is 0. The van der Waals surface area contributed by atoms with E-state index in [0.717, 1.165) is 25.7 Å². The van der Waals surface area contributed by atoms with Crippen molar-refractivity contribution in [3.05, 3.63) is 0 Å². The summed E-state index contributed by atoms with van der Waals surface area (Å²) in [6.45, 7) is 2.18. The van der Waals surface area contributed by atoms with Crippen LogP contribution in [-0.2, 0) is 19.4 Å². The van der Waals surface area contributed by atoms with Gasteiger partial charge in [-0.05, 0) is 6.42 Å². The first-order valence-corrected chi connectivity index (χ1v) is 10.2. The Bertz CT molecular complexity index is 449. The van der Waals surface area contributed by atoms with Crippen LogP contribution < -0.4 is 0 Å². The van der Waals surface area contributed by atoms with Crippen molar-refractivity contribution in [3.8, 4) is 0 Å². The predicted molar refractivity (Wildman–Crippen MR) is 96.5 cm³/mol. The van der Waals surface area contributed by atoms with E-state index in [-0.39, 0.29) is 35.3 Å². The van der Waals surface area contributed by atoms with E-state index in [2.05, 4.69) is 6.92 Å². The molecule has 0 aliphatic rings. The van der Waals surface area contributed by atoms with Crippen LogP contribution in [0, 0.1) is 0 Å². The van der Waals surface area contributed by atoms with Gasteiger partial charge in [-0.25, -0.2) is 8.42 Å². The molecule has 1 atom stereocenters. The molecule has 0 aromatic rings. The Labute approximate surface area is 167 Å². The van der Waals surface area contributed by atoms with E-state index in [0.29, 0.717) is 6.42 Å². The van der Waals surface area contributed by atoms with Crippen LogP contribution in [0.25, 0.3) is 0 Å². The van der Waals surface area contributed by atoms with E-state index < -0.39 is 33.4 Å². The van der Waals surface area contributed by atoms with Crippen LogP contribution in [0.5, 0.6) is 0 Å². The Morgan fingerprint density at radius 3 is 1.62 bits per heavy atom. The quantitative estimate of drug-likeness (QED) is 0.337. The van der Waals surface area contributed by atoms with Gasteiger partial charge in [0.15, 0.2) is 15.1 Å². The van der Waals surface area contributed by atoms with Gasteiger partial charge >= 0.3 is 41.5 Å². The zero-order chi connectivity index (χ0) is 17.7. The SMILES string of the molecule is CCCCCCCCCCCCS(=O)(=O)C(CC(=O)O)C(=O)O.[NaH]. The van der Waals surface area contributed by atoms with Gasteiger partial charge in [0.25, 0.3) is 0 Å². The van der Waals surface area contributed by atoms with Crippen LogP contribution in [0.1, 0.15) is 77.6 Å². The fourth-order valence-electron chi connectivity index (χ4n) is 2.46. The second-order valence-electron chi connectivity index (χ2n) is 5.97. The summed E-state index contributed by atoms with van der Waals surface area (Å²) in [5.41, 5.74) is 0. The topological polar surface area (TPSA) is 109 Å². The summed E-state index contributed by atoms with van der Waals surface area (Å²) in [5.74, 6) is -3.25. The fraction of sp³-hybridized carbons (Fsp3) is 0.875. The Hall–Kier alpha value is -0.110. The van der Waals surface area contributed by atoms with Gasteiger partial charge in [-0.1, -0.05) is 64.7 Å². The van der Waals surface area contributed by atoms with Crippen LogP contribution in [0.15, 0.2) is 0 Å². The molecule has 0 bridgehead atoms. The normalized spacial score (nSPS) is 12.4. The van der Waals surface area contributed by atoms with Crippen molar-refractivity contribution < 1.29 is 28.2 Å². The first-order valence-electron chi connectivity index (χ1n) is 8.47. The third-order valence-electron chi connectivity index (χ3n) is 3.85. The van der Waals surface area contributed by atoms with Gasteiger partial charge in [0.2, 0.25) is 0 Å². The minimum atomic E-state index is -3.90. The Balaban J connectivity index is 0. The number of hydrogen-bond acceptors (Lipinski definition) is 4. The molecule has 0 aliphatic carbocycles. The van der Waals surface area contributed by atoms with E-state index in [1.54, 1.807) is 0 Å². The molecule has 0 saturated carbocycles. The molecule has 1 unspecified atom stereocenters. The zero-order valence-electron chi connectivity index (χ0n) is 14.0. The molecule has 6 nitrogen and oxygen atoms in total. The van der Waals surface area contributed by atoms with Crippen LogP contribution in [0.4, 0.5) is 0 Å². The maximum atomic E-state index is 11.9. The van der Waals surface area contributed by atoms with Crippen molar-refractivity contribution in [1.82, 2.24) is 0 Å². The molecule has 0 rings (SSSR count). The minimum absolute atomic E-state index is 0. The number of hydrogen-bond donors (Lipinski definition) is 2. The van der Waals surface area contributed by atoms with E-state index >= 15 is 0 Å². The number of carboxylic acids is 2. The summed E-state index contributed by atoms with van der Waals surface area (Å²) in [7, 11) is -3.90. The van der Waals surface area contributed by atoms with Gasteiger partial charge in [0.1, 0.15) is 0 Å². The van der Waals surface area contributed by atoms with Gasteiger partial charge in [0.05, 0.1) is 12.2 Å². The molecule has 0 aromatic heterocycles. The van der Waals surface area contributed by atoms with Gasteiger partial charge < -0.3 is 10.2 Å². The molecule has 0 aromatic carbocycles. The summed E-state index contributed by atoms with van der Waals surface area (Å²) in [6.07, 6.45) is 9.61. The molecular formula is C16H31NaO6S. The Morgan fingerprint density at radius 2 is 1.25 bits per heavy atom. The number of rotatable bonds is 15. The van der Waals surface area contributed by atoms with Crippen LogP contribution in [0.2, 0.25) is 0 Å². The van der Waals surface area contributed by atoms with Crippen molar-refractivity contribution in [2.75, 3.05) is 5.75 Å². The second-order valence-corrected chi connectivity index (χ2v) is 8.28. The monoisotopic (exact) mass is 374 g/mol. The molecule has 0 spiro atoms. The molecule has 0 aliphatic heterocycles. The zero-order valence-corrected chi connectivity index (χ0v) is 14.8. The summed E-state index contributed by atoms with van der Waals surface area (Å²) in [4.78, 5) is 21.5. The number of carbonyl (C=O) groups is 2. The number of aliphatic carboxylic acids is 2. The molecule has 8 heteroatoms. The average Bonchev–Trinajstić information content (AvgIpc) is 2.46.